The van der Waals surface area contributed by atoms with Gasteiger partial charge in [0, 0.05) is 17.9 Å². The molecule has 0 unspecified atom stereocenters. The van der Waals surface area contributed by atoms with E-state index >= 15 is 0 Å². The van der Waals surface area contributed by atoms with Gasteiger partial charge in [0.25, 0.3) is 0 Å². The first-order valence-electron chi connectivity index (χ1n) is 8.28. The SMILES string of the molecule is NCC1CCC(C(=O)NCC2(CO)CCCCC2)CC1. The molecule has 0 spiro atoms. The van der Waals surface area contributed by atoms with E-state index < -0.39 is 0 Å². The molecule has 4 heteroatoms. The number of hydrogen-bond donors (Lipinski definition) is 3. The fourth-order valence-electron chi connectivity index (χ4n) is 3.77. The number of carbonyl (C=O) groups is 1. The number of nitrogens with two attached hydrogens (primary N) is 1. The zero-order valence-electron chi connectivity index (χ0n) is 12.6. The quantitative estimate of drug-likeness (QED) is 0.720. The Bertz CT molecular complexity index is 306. The van der Waals surface area contributed by atoms with Crippen molar-refractivity contribution in [2.45, 2.75) is 57.8 Å². The standard InChI is InChI=1S/C16H30N2O2/c17-10-13-4-6-14(7-5-13)15(20)18-11-16(12-19)8-2-1-3-9-16/h13-14,19H,1-12,17H2,(H,18,20). The summed E-state index contributed by atoms with van der Waals surface area (Å²) in [6, 6.07) is 0. The van der Waals surface area contributed by atoms with Gasteiger partial charge in [0.15, 0.2) is 0 Å². The van der Waals surface area contributed by atoms with Gasteiger partial charge in [-0.1, -0.05) is 19.3 Å². The maximum absolute atomic E-state index is 12.3. The summed E-state index contributed by atoms with van der Waals surface area (Å²) in [5.41, 5.74) is 5.63. The molecular formula is C16H30N2O2. The van der Waals surface area contributed by atoms with Gasteiger partial charge in [0.05, 0.1) is 6.61 Å². The van der Waals surface area contributed by atoms with Crippen molar-refractivity contribution in [3.63, 3.8) is 0 Å². The third-order valence-electron chi connectivity index (χ3n) is 5.44. The number of rotatable bonds is 5. The Morgan fingerprint density at radius 1 is 1.15 bits per heavy atom. The number of carbonyl (C=O) groups excluding carboxylic acids is 1. The second-order valence-electron chi connectivity index (χ2n) is 6.89. The van der Waals surface area contributed by atoms with Crippen molar-refractivity contribution < 1.29 is 9.90 Å². The zero-order chi connectivity index (χ0) is 14.4. The molecule has 2 saturated carbocycles. The van der Waals surface area contributed by atoms with Gasteiger partial charge in [-0.3, -0.25) is 4.79 Å². The van der Waals surface area contributed by atoms with E-state index in [-0.39, 0.29) is 23.8 Å². The Hall–Kier alpha value is -0.610. The molecule has 0 bridgehead atoms. The van der Waals surface area contributed by atoms with Gasteiger partial charge in [-0.2, -0.15) is 0 Å². The molecule has 1 amide bonds. The summed E-state index contributed by atoms with van der Waals surface area (Å²) in [6.45, 7) is 1.61. The molecule has 116 valence electrons. The van der Waals surface area contributed by atoms with E-state index in [4.69, 9.17) is 5.73 Å². The van der Waals surface area contributed by atoms with Crippen molar-refractivity contribution >= 4 is 5.91 Å². The fourth-order valence-corrected chi connectivity index (χ4v) is 3.77. The molecule has 2 rings (SSSR count). The lowest BCUT2D eigenvalue weighted by Crippen LogP contribution is -2.44. The molecule has 4 nitrogen and oxygen atoms in total. The first kappa shape index (κ1) is 15.8. The molecule has 2 aliphatic rings. The molecule has 0 heterocycles. The molecule has 0 aliphatic heterocycles. The summed E-state index contributed by atoms with van der Waals surface area (Å²) < 4.78 is 0. The van der Waals surface area contributed by atoms with Crippen molar-refractivity contribution in [2.24, 2.45) is 23.0 Å². The predicted octanol–water partition coefficient (Wildman–Crippen LogP) is 1.81. The number of aliphatic hydroxyl groups excluding tert-OH is 1. The molecule has 0 aromatic carbocycles. The van der Waals surface area contributed by atoms with Crippen LogP contribution in [0.15, 0.2) is 0 Å². The smallest absolute Gasteiger partial charge is 0.223 e. The molecule has 2 fully saturated rings. The predicted molar refractivity (Wildman–Crippen MR) is 80.1 cm³/mol. The summed E-state index contributed by atoms with van der Waals surface area (Å²) >= 11 is 0. The molecule has 0 aromatic heterocycles. The van der Waals surface area contributed by atoms with Crippen LogP contribution in [-0.4, -0.2) is 30.7 Å². The van der Waals surface area contributed by atoms with Gasteiger partial charge in [-0.25, -0.2) is 0 Å². The third-order valence-corrected chi connectivity index (χ3v) is 5.44. The highest BCUT2D eigenvalue weighted by Crippen LogP contribution is 2.35. The number of amides is 1. The molecule has 0 aromatic rings. The third kappa shape index (κ3) is 3.95. The van der Waals surface area contributed by atoms with Crippen molar-refractivity contribution in [2.75, 3.05) is 19.7 Å². The van der Waals surface area contributed by atoms with Crippen LogP contribution in [0.25, 0.3) is 0 Å². The molecule has 0 atom stereocenters. The number of nitrogens with one attached hydrogen (secondary N) is 1. The van der Waals surface area contributed by atoms with Crippen LogP contribution in [0.1, 0.15) is 57.8 Å². The average molecular weight is 282 g/mol. The lowest BCUT2D eigenvalue weighted by Gasteiger charge is -2.36. The molecular weight excluding hydrogens is 252 g/mol. The summed E-state index contributed by atoms with van der Waals surface area (Å²) in [4.78, 5) is 12.3. The van der Waals surface area contributed by atoms with E-state index in [0.29, 0.717) is 12.5 Å². The van der Waals surface area contributed by atoms with E-state index in [1.54, 1.807) is 0 Å². The largest absolute Gasteiger partial charge is 0.396 e. The van der Waals surface area contributed by atoms with Crippen molar-refractivity contribution in [1.82, 2.24) is 5.32 Å². The Balaban J connectivity index is 1.77. The van der Waals surface area contributed by atoms with Gasteiger partial charge in [-0.05, 0) is 51.0 Å². The summed E-state index contributed by atoms with van der Waals surface area (Å²) in [5, 5.41) is 12.8. The van der Waals surface area contributed by atoms with Gasteiger partial charge < -0.3 is 16.2 Å². The van der Waals surface area contributed by atoms with Gasteiger partial charge in [0.1, 0.15) is 0 Å². The van der Waals surface area contributed by atoms with Crippen LogP contribution >= 0.6 is 0 Å². The fraction of sp³-hybridized carbons (Fsp3) is 0.938. The van der Waals surface area contributed by atoms with Crippen molar-refractivity contribution in [3.05, 3.63) is 0 Å². The highest BCUT2D eigenvalue weighted by atomic mass is 16.3. The molecule has 20 heavy (non-hydrogen) atoms. The van der Waals surface area contributed by atoms with E-state index in [0.717, 1.165) is 45.1 Å². The van der Waals surface area contributed by atoms with E-state index in [1.165, 1.54) is 19.3 Å². The first-order valence-corrected chi connectivity index (χ1v) is 8.28. The first-order chi connectivity index (χ1) is 9.69. The summed E-state index contributed by atoms with van der Waals surface area (Å²) in [7, 11) is 0. The van der Waals surface area contributed by atoms with Gasteiger partial charge in [-0.15, -0.1) is 0 Å². The lowest BCUT2D eigenvalue weighted by molar-refractivity contribution is -0.127. The second kappa shape index (κ2) is 7.41. The normalized spacial score (nSPS) is 29.9. The molecule has 0 saturated heterocycles. The van der Waals surface area contributed by atoms with Crippen molar-refractivity contribution in [3.8, 4) is 0 Å². The summed E-state index contributed by atoms with van der Waals surface area (Å²) in [6.07, 6.45) is 9.82. The minimum absolute atomic E-state index is 0.0532. The monoisotopic (exact) mass is 282 g/mol. The molecule has 2 aliphatic carbocycles. The van der Waals surface area contributed by atoms with Crippen LogP contribution in [0.3, 0.4) is 0 Å². The van der Waals surface area contributed by atoms with Gasteiger partial charge in [0.2, 0.25) is 5.91 Å². The van der Waals surface area contributed by atoms with Crippen LogP contribution < -0.4 is 11.1 Å². The van der Waals surface area contributed by atoms with E-state index in [1.807, 2.05) is 0 Å². The Morgan fingerprint density at radius 3 is 2.35 bits per heavy atom. The topological polar surface area (TPSA) is 75.4 Å². The minimum Gasteiger partial charge on any atom is -0.396 e. The second-order valence-corrected chi connectivity index (χ2v) is 6.89. The van der Waals surface area contributed by atoms with Crippen molar-refractivity contribution in [1.29, 1.82) is 0 Å². The number of aliphatic hydroxyl groups is 1. The Morgan fingerprint density at radius 2 is 1.80 bits per heavy atom. The highest BCUT2D eigenvalue weighted by Gasteiger charge is 2.33. The van der Waals surface area contributed by atoms with Crippen LogP contribution in [0.2, 0.25) is 0 Å². The highest BCUT2D eigenvalue weighted by molar-refractivity contribution is 5.78. The Labute approximate surface area is 122 Å². The lowest BCUT2D eigenvalue weighted by atomic mass is 9.74. The number of hydrogen-bond acceptors (Lipinski definition) is 3. The van der Waals surface area contributed by atoms with E-state index in [2.05, 4.69) is 5.32 Å². The maximum atomic E-state index is 12.3. The van der Waals surface area contributed by atoms with Gasteiger partial charge >= 0.3 is 0 Å². The van der Waals surface area contributed by atoms with Crippen LogP contribution in [-0.2, 0) is 4.79 Å². The molecule has 0 radical (unpaired) electrons. The average Bonchev–Trinajstić information content (AvgIpc) is 2.53. The van der Waals surface area contributed by atoms with E-state index in [9.17, 15) is 9.90 Å². The molecule has 4 N–H and O–H groups in total. The summed E-state index contributed by atoms with van der Waals surface area (Å²) in [5.74, 6) is 0.970. The van der Waals surface area contributed by atoms with Crippen LogP contribution in [0.5, 0.6) is 0 Å². The van der Waals surface area contributed by atoms with Crippen LogP contribution in [0.4, 0.5) is 0 Å². The zero-order valence-corrected chi connectivity index (χ0v) is 12.6. The maximum Gasteiger partial charge on any atom is 0.223 e. The van der Waals surface area contributed by atoms with Crippen LogP contribution in [0, 0.1) is 17.3 Å². The minimum atomic E-state index is -0.0532. The Kier molecular flexibility index (Phi) is 5.85.